The summed E-state index contributed by atoms with van der Waals surface area (Å²) in [5.41, 5.74) is -4.44. The lowest BCUT2D eigenvalue weighted by Crippen LogP contribution is -2.70. The van der Waals surface area contributed by atoms with Gasteiger partial charge in [0.2, 0.25) is 0 Å². The molecule has 0 heterocycles. The summed E-state index contributed by atoms with van der Waals surface area (Å²) in [4.78, 5) is 37.8. The SMILES string of the molecule is CCC(=O)O[C@]1(C(=O)CCl)[C@@H](C)C[C@H]2[C@@H]3CCC4=CC(=O)CC[C@]4(C)[C@@]3(F)[C@@H](O)C[C@@]21C. The van der Waals surface area contributed by atoms with Crippen molar-refractivity contribution in [2.24, 2.45) is 28.6 Å². The number of carbonyl (C=O) groups excluding carboxylic acids is 3. The van der Waals surface area contributed by atoms with E-state index in [9.17, 15) is 19.5 Å². The minimum atomic E-state index is -1.91. The Hall–Kier alpha value is -1.27. The summed E-state index contributed by atoms with van der Waals surface area (Å²) < 4.78 is 23.2. The Morgan fingerprint density at radius 3 is 2.59 bits per heavy atom. The quantitative estimate of drug-likeness (QED) is 0.490. The number of ketones is 2. The monoisotopic (exact) mass is 468 g/mol. The number of hydrogen-bond donors (Lipinski definition) is 1. The molecule has 0 aromatic rings. The Morgan fingerprint density at radius 1 is 1.28 bits per heavy atom. The molecule has 4 rings (SSSR count). The van der Waals surface area contributed by atoms with E-state index < -0.39 is 40.1 Å². The summed E-state index contributed by atoms with van der Waals surface area (Å²) in [6, 6.07) is 0. The van der Waals surface area contributed by atoms with Gasteiger partial charge in [-0.1, -0.05) is 33.3 Å². The van der Waals surface area contributed by atoms with E-state index in [2.05, 4.69) is 0 Å². The van der Waals surface area contributed by atoms with Crippen LogP contribution in [0.4, 0.5) is 4.39 Å². The van der Waals surface area contributed by atoms with Crippen LogP contribution in [0.3, 0.4) is 0 Å². The molecule has 8 atom stereocenters. The van der Waals surface area contributed by atoms with Crippen LogP contribution in [0.1, 0.15) is 72.6 Å². The molecule has 0 saturated heterocycles. The number of carbonyl (C=O) groups is 3. The topological polar surface area (TPSA) is 80.7 Å². The van der Waals surface area contributed by atoms with Crippen molar-refractivity contribution in [3.05, 3.63) is 11.6 Å². The summed E-state index contributed by atoms with van der Waals surface area (Å²) in [6.07, 6.45) is 2.61. The molecule has 1 N–H and O–H groups in total. The molecule has 0 aromatic heterocycles. The predicted octanol–water partition coefficient (Wildman–Crippen LogP) is 4.33. The molecule has 178 valence electrons. The van der Waals surface area contributed by atoms with Gasteiger partial charge in [0.1, 0.15) is 5.67 Å². The Kier molecular flexibility index (Phi) is 5.69. The zero-order valence-electron chi connectivity index (χ0n) is 19.4. The molecule has 4 aliphatic carbocycles. The molecule has 3 saturated carbocycles. The van der Waals surface area contributed by atoms with E-state index in [0.717, 1.165) is 5.57 Å². The van der Waals surface area contributed by atoms with E-state index in [0.29, 0.717) is 25.7 Å². The van der Waals surface area contributed by atoms with Gasteiger partial charge < -0.3 is 9.84 Å². The summed E-state index contributed by atoms with van der Waals surface area (Å²) in [5, 5.41) is 11.4. The van der Waals surface area contributed by atoms with Crippen LogP contribution in [0.5, 0.6) is 0 Å². The van der Waals surface area contributed by atoms with Crippen LogP contribution in [-0.2, 0) is 19.1 Å². The molecule has 0 amide bonds. The number of ether oxygens (including phenoxy) is 1. The largest absolute Gasteiger partial charge is 0.450 e. The van der Waals surface area contributed by atoms with Crippen molar-refractivity contribution in [2.75, 3.05) is 5.88 Å². The summed E-state index contributed by atoms with van der Waals surface area (Å²) >= 11 is 6.02. The number of aliphatic hydroxyl groups is 1. The predicted molar refractivity (Wildman–Crippen MR) is 118 cm³/mol. The highest BCUT2D eigenvalue weighted by Gasteiger charge is 2.77. The number of rotatable bonds is 4. The van der Waals surface area contributed by atoms with Crippen LogP contribution in [0, 0.1) is 28.6 Å². The number of fused-ring (bicyclic) bond motifs is 5. The van der Waals surface area contributed by atoms with Crippen molar-refractivity contribution in [3.63, 3.8) is 0 Å². The average molecular weight is 469 g/mol. The van der Waals surface area contributed by atoms with Gasteiger partial charge in [-0.2, -0.15) is 0 Å². The fourth-order valence-corrected chi connectivity index (χ4v) is 8.31. The smallest absolute Gasteiger partial charge is 0.306 e. The lowest BCUT2D eigenvalue weighted by Gasteiger charge is -2.63. The number of esters is 1. The van der Waals surface area contributed by atoms with Crippen molar-refractivity contribution in [1.82, 2.24) is 0 Å². The second-order valence-electron chi connectivity index (χ2n) is 10.9. The van der Waals surface area contributed by atoms with E-state index in [1.807, 2.05) is 20.8 Å². The van der Waals surface area contributed by atoms with E-state index in [1.54, 1.807) is 13.0 Å². The lowest BCUT2D eigenvalue weighted by atomic mass is 9.43. The van der Waals surface area contributed by atoms with Gasteiger partial charge in [-0.05, 0) is 44.1 Å². The summed E-state index contributed by atoms with van der Waals surface area (Å²) in [5.74, 6) is -2.25. The van der Waals surface area contributed by atoms with Gasteiger partial charge in [-0.3, -0.25) is 14.4 Å². The number of alkyl halides is 2. The molecule has 3 fully saturated rings. The van der Waals surface area contributed by atoms with Crippen molar-refractivity contribution in [3.8, 4) is 0 Å². The number of Topliss-reactive ketones (excluding diaryl/α,β-unsaturated/α-hetero) is 1. The number of halogens is 2. The minimum absolute atomic E-state index is 0.00540. The molecule has 0 bridgehead atoms. The molecule has 5 nitrogen and oxygen atoms in total. The highest BCUT2D eigenvalue weighted by molar-refractivity contribution is 6.29. The molecule has 0 aromatic carbocycles. The van der Waals surface area contributed by atoms with Crippen LogP contribution < -0.4 is 0 Å². The zero-order valence-corrected chi connectivity index (χ0v) is 20.1. The van der Waals surface area contributed by atoms with Gasteiger partial charge >= 0.3 is 5.97 Å². The molecule has 7 heteroatoms. The molecule has 0 aliphatic heterocycles. The maximum Gasteiger partial charge on any atom is 0.306 e. The van der Waals surface area contributed by atoms with E-state index in [1.165, 1.54) is 0 Å². The second kappa shape index (κ2) is 7.63. The van der Waals surface area contributed by atoms with Crippen LogP contribution >= 0.6 is 11.6 Å². The standard InChI is InChI=1S/C25H34ClFO5/c1-5-21(31)32-25(20(30)13-26)14(2)10-18-17-7-6-15-11-16(28)8-9-22(15,3)24(17,27)19(29)12-23(18,25)4/h11,14,17-19,29H,5-10,12-13H2,1-4H3/t14-,17-,18-,19-,22-,23-,24-,25-/m0/s1. The van der Waals surface area contributed by atoms with Crippen LogP contribution in [0.25, 0.3) is 0 Å². The third kappa shape index (κ3) is 2.74. The van der Waals surface area contributed by atoms with Gasteiger partial charge in [0.05, 0.1) is 12.0 Å². The first-order valence-corrected chi connectivity index (χ1v) is 12.4. The number of aliphatic hydroxyl groups excluding tert-OH is 1. The lowest BCUT2D eigenvalue weighted by molar-refractivity contribution is -0.234. The normalized spacial score (nSPS) is 47.7. The van der Waals surface area contributed by atoms with Crippen LogP contribution in [0.15, 0.2) is 11.6 Å². The molecule has 0 spiro atoms. The van der Waals surface area contributed by atoms with Crippen molar-refractivity contribution >= 4 is 29.1 Å². The van der Waals surface area contributed by atoms with Crippen LogP contribution in [-0.4, -0.2) is 45.9 Å². The van der Waals surface area contributed by atoms with Crippen LogP contribution in [0.2, 0.25) is 0 Å². The van der Waals surface area contributed by atoms with Gasteiger partial charge in [0.15, 0.2) is 17.2 Å². The number of allylic oxidation sites excluding steroid dienone is 1. The maximum atomic E-state index is 17.2. The van der Waals surface area contributed by atoms with E-state index in [4.69, 9.17) is 16.3 Å². The summed E-state index contributed by atoms with van der Waals surface area (Å²) in [7, 11) is 0. The highest BCUT2D eigenvalue weighted by atomic mass is 35.5. The zero-order chi connectivity index (χ0) is 23.7. The fraction of sp³-hybridized carbons (Fsp3) is 0.800. The first-order chi connectivity index (χ1) is 14.9. The van der Waals surface area contributed by atoms with Crippen molar-refractivity contribution in [2.45, 2.75) is 90.0 Å². The first kappa shape index (κ1) is 23.9. The first-order valence-electron chi connectivity index (χ1n) is 11.8. The van der Waals surface area contributed by atoms with E-state index in [-0.39, 0.29) is 48.5 Å². The van der Waals surface area contributed by atoms with Gasteiger partial charge in [0, 0.05) is 35.5 Å². The Morgan fingerprint density at radius 2 is 1.97 bits per heavy atom. The molecule has 0 unspecified atom stereocenters. The maximum absolute atomic E-state index is 17.2. The third-order valence-corrected chi connectivity index (χ3v) is 9.92. The van der Waals surface area contributed by atoms with Crippen molar-refractivity contribution in [1.29, 1.82) is 0 Å². The molecule has 32 heavy (non-hydrogen) atoms. The third-order valence-electron chi connectivity index (χ3n) is 9.68. The van der Waals surface area contributed by atoms with E-state index >= 15 is 4.39 Å². The average Bonchev–Trinajstić information content (AvgIpc) is 2.96. The number of hydrogen-bond acceptors (Lipinski definition) is 5. The van der Waals surface area contributed by atoms with Crippen molar-refractivity contribution < 1.29 is 28.6 Å². The second-order valence-corrected chi connectivity index (χ2v) is 11.1. The molecule has 4 aliphatic rings. The Bertz CT molecular complexity index is 888. The van der Waals surface area contributed by atoms with Gasteiger partial charge in [-0.15, -0.1) is 11.6 Å². The molecule has 0 radical (unpaired) electrons. The van der Waals surface area contributed by atoms with Gasteiger partial charge in [-0.25, -0.2) is 4.39 Å². The molecular formula is C25H34ClFO5. The molecular weight excluding hydrogens is 435 g/mol. The minimum Gasteiger partial charge on any atom is -0.450 e. The summed E-state index contributed by atoms with van der Waals surface area (Å²) in [6.45, 7) is 7.26. The van der Waals surface area contributed by atoms with Gasteiger partial charge in [0.25, 0.3) is 0 Å². The Balaban J connectivity index is 1.84. The highest BCUT2D eigenvalue weighted by Crippen LogP contribution is 2.72. The fourth-order valence-electron chi connectivity index (χ4n) is 8.11. The Labute approximate surface area is 194 Å².